The third-order valence-electron chi connectivity index (χ3n) is 4.45. The van der Waals surface area contributed by atoms with Crippen LogP contribution in [0.25, 0.3) is 11.4 Å². The van der Waals surface area contributed by atoms with Crippen molar-refractivity contribution in [3.63, 3.8) is 0 Å². The molecule has 2 atom stereocenters. The minimum atomic E-state index is -0.415. The minimum Gasteiger partial charge on any atom is -0.396 e. The van der Waals surface area contributed by atoms with Crippen LogP contribution in [0.3, 0.4) is 0 Å². The highest BCUT2D eigenvalue weighted by atomic mass is 19.1. The summed E-state index contributed by atoms with van der Waals surface area (Å²) in [6, 6.07) is 4.96. The fourth-order valence-corrected chi connectivity index (χ4v) is 3.28. The van der Waals surface area contributed by atoms with Crippen LogP contribution in [0.15, 0.2) is 18.2 Å². The second-order valence-electron chi connectivity index (χ2n) is 5.70. The molecule has 0 aliphatic heterocycles. The Morgan fingerprint density at radius 2 is 2.14 bits per heavy atom. The van der Waals surface area contributed by atoms with Gasteiger partial charge >= 0.3 is 0 Å². The van der Waals surface area contributed by atoms with Crippen molar-refractivity contribution < 1.29 is 4.39 Å². The van der Waals surface area contributed by atoms with Crippen LogP contribution in [0.4, 0.5) is 10.1 Å². The molecule has 2 N–H and O–H groups in total. The van der Waals surface area contributed by atoms with E-state index in [-0.39, 0.29) is 5.69 Å². The Morgan fingerprint density at radius 1 is 1.33 bits per heavy atom. The SMILES string of the molecule is CCC1CCCCC1n1nnnc1-c1ccc(F)c(N)c1. The Hall–Kier alpha value is -1.98. The number of anilines is 1. The van der Waals surface area contributed by atoms with Crippen molar-refractivity contribution in [1.82, 2.24) is 20.2 Å². The van der Waals surface area contributed by atoms with Gasteiger partial charge < -0.3 is 5.73 Å². The molecule has 112 valence electrons. The molecule has 1 heterocycles. The van der Waals surface area contributed by atoms with E-state index in [2.05, 4.69) is 22.4 Å². The maximum atomic E-state index is 13.3. The van der Waals surface area contributed by atoms with E-state index in [1.54, 1.807) is 12.1 Å². The largest absolute Gasteiger partial charge is 0.396 e. The van der Waals surface area contributed by atoms with Gasteiger partial charge in [0.1, 0.15) is 5.82 Å². The summed E-state index contributed by atoms with van der Waals surface area (Å²) in [5, 5.41) is 12.1. The molecule has 2 unspecified atom stereocenters. The second kappa shape index (κ2) is 5.79. The third-order valence-corrected chi connectivity index (χ3v) is 4.45. The van der Waals surface area contributed by atoms with Crippen molar-refractivity contribution >= 4 is 5.69 Å². The van der Waals surface area contributed by atoms with E-state index in [1.165, 1.54) is 25.3 Å². The number of tetrazole rings is 1. The van der Waals surface area contributed by atoms with E-state index in [4.69, 9.17) is 5.73 Å². The van der Waals surface area contributed by atoms with Crippen LogP contribution in [-0.2, 0) is 0 Å². The van der Waals surface area contributed by atoms with Crippen molar-refractivity contribution in [2.45, 2.75) is 45.1 Å². The minimum absolute atomic E-state index is 0.123. The zero-order chi connectivity index (χ0) is 14.8. The lowest BCUT2D eigenvalue weighted by Gasteiger charge is -2.31. The predicted octanol–water partition coefficient (Wildman–Crippen LogP) is 3.20. The van der Waals surface area contributed by atoms with Gasteiger partial charge in [0.15, 0.2) is 5.82 Å². The monoisotopic (exact) mass is 289 g/mol. The molecule has 1 aromatic carbocycles. The lowest BCUT2D eigenvalue weighted by Crippen LogP contribution is -2.24. The molecular formula is C15H20FN5. The fraction of sp³-hybridized carbons (Fsp3) is 0.533. The molecule has 2 aromatic rings. The zero-order valence-electron chi connectivity index (χ0n) is 12.2. The van der Waals surface area contributed by atoms with Crippen LogP contribution in [0, 0.1) is 11.7 Å². The molecule has 1 saturated carbocycles. The average Bonchev–Trinajstić information content (AvgIpc) is 2.99. The second-order valence-corrected chi connectivity index (χ2v) is 5.70. The molecule has 1 fully saturated rings. The molecule has 0 spiro atoms. The molecule has 5 nitrogen and oxygen atoms in total. The number of rotatable bonds is 3. The van der Waals surface area contributed by atoms with Crippen molar-refractivity contribution in [2.75, 3.05) is 5.73 Å². The highest BCUT2D eigenvalue weighted by molar-refractivity contribution is 5.61. The molecule has 1 aromatic heterocycles. The number of nitrogen functional groups attached to an aromatic ring is 1. The summed E-state index contributed by atoms with van der Waals surface area (Å²) in [7, 11) is 0. The summed E-state index contributed by atoms with van der Waals surface area (Å²) >= 11 is 0. The van der Waals surface area contributed by atoms with Crippen molar-refractivity contribution in [3.8, 4) is 11.4 Å². The molecular weight excluding hydrogens is 269 g/mol. The van der Waals surface area contributed by atoms with Crippen molar-refractivity contribution in [3.05, 3.63) is 24.0 Å². The van der Waals surface area contributed by atoms with Crippen LogP contribution in [-0.4, -0.2) is 20.2 Å². The molecule has 21 heavy (non-hydrogen) atoms. The van der Waals surface area contributed by atoms with E-state index in [9.17, 15) is 4.39 Å². The first kappa shape index (κ1) is 14.0. The van der Waals surface area contributed by atoms with Crippen molar-refractivity contribution in [1.29, 1.82) is 0 Å². The van der Waals surface area contributed by atoms with Gasteiger partial charge in [0.2, 0.25) is 0 Å². The van der Waals surface area contributed by atoms with Crippen LogP contribution in [0.2, 0.25) is 0 Å². The lowest BCUT2D eigenvalue weighted by atomic mass is 9.83. The first-order valence-corrected chi connectivity index (χ1v) is 7.54. The smallest absolute Gasteiger partial charge is 0.182 e. The van der Waals surface area contributed by atoms with Gasteiger partial charge in [-0.2, -0.15) is 0 Å². The van der Waals surface area contributed by atoms with Gasteiger partial charge in [-0.3, -0.25) is 0 Å². The molecule has 1 aliphatic carbocycles. The standard InChI is InChI=1S/C15H20FN5/c1-2-10-5-3-4-6-14(10)21-15(18-19-20-21)11-7-8-12(16)13(17)9-11/h7-10,14H,2-6,17H2,1H3. The van der Waals surface area contributed by atoms with E-state index >= 15 is 0 Å². The van der Waals surface area contributed by atoms with Gasteiger partial charge in [-0.15, -0.1) is 5.10 Å². The van der Waals surface area contributed by atoms with Crippen LogP contribution in [0.5, 0.6) is 0 Å². The van der Waals surface area contributed by atoms with Crippen LogP contribution >= 0.6 is 0 Å². The first-order chi connectivity index (χ1) is 10.2. The van der Waals surface area contributed by atoms with Gasteiger partial charge in [0, 0.05) is 5.56 Å². The number of hydrogen-bond acceptors (Lipinski definition) is 4. The summed E-state index contributed by atoms with van der Waals surface area (Å²) in [6.45, 7) is 2.21. The Balaban J connectivity index is 1.98. The molecule has 0 amide bonds. The number of nitrogens with two attached hydrogens (primary N) is 1. The zero-order valence-corrected chi connectivity index (χ0v) is 12.2. The highest BCUT2D eigenvalue weighted by Gasteiger charge is 2.28. The maximum absolute atomic E-state index is 13.3. The molecule has 0 bridgehead atoms. The Labute approximate surface area is 123 Å². The number of hydrogen-bond donors (Lipinski definition) is 1. The number of nitrogens with zero attached hydrogens (tertiary/aromatic N) is 4. The highest BCUT2D eigenvalue weighted by Crippen LogP contribution is 2.37. The van der Waals surface area contributed by atoms with E-state index in [0.29, 0.717) is 17.8 Å². The summed E-state index contributed by atoms with van der Waals surface area (Å²) in [6.07, 6.45) is 5.90. The van der Waals surface area contributed by atoms with Crippen LogP contribution in [0.1, 0.15) is 45.1 Å². The summed E-state index contributed by atoms with van der Waals surface area (Å²) in [5.41, 5.74) is 6.54. The first-order valence-electron chi connectivity index (χ1n) is 7.54. The van der Waals surface area contributed by atoms with Gasteiger partial charge in [-0.1, -0.05) is 26.2 Å². The quantitative estimate of drug-likeness (QED) is 0.881. The van der Waals surface area contributed by atoms with E-state index < -0.39 is 5.82 Å². The topological polar surface area (TPSA) is 69.6 Å². The molecule has 6 heteroatoms. The maximum Gasteiger partial charge on any atom is 0.182 e. The fourth-order valence-electron chi connectivity index (χ4n) is 3.28. The number of aromatic nitrogens is 4. The summed E-state index contributed by atoms with van der Waals surface area (Å²) in [4.78, 5) is 0. The summed E-state index contributed by atoms with van der Waals surface area (Å²) in [5.74, 6) is 0.854. The molecule has 0 radical (unpaired) electrons. The Morgan fingerprint density at radius 3 is 2.90 bits per heavy atom. The van der Waals surface area contributed by atoms with Crippen molar-refractivity contribution in [2.24, 2.45) is 5.92 Å². The van der Waals surface area contributed by atoms with E-state index in [1.807, 2.05) is 4.68 Å². The van der Waals surface area contributed by atoms with Crippen LogP contribution < -0.4 is 5.73 Å². The molecule has 1 aliphatic rings. The van der Waals surface area contributed by atoms with E-state index in [0.717, 1.165) is 18.4 Å². The third kappa shape index (κ3) is 2.62. The number of benzene rings is 1. The number of halogens is 1. The average molecular weight is 289 g/mol. The summed E-state index contributed by atoms with van der Waals surface area (Å²) < 4.78 is 15.2. The normalized spacial score (nSPS) is 22.4. The Kier molecular flexibility index (Phi) is 3.86. The lowest BCUT2D eigenvalue weighted by molar-refractivity contribution is 0.216. The van der Waals surface area contributed by atoms with Gasteiger partial charge in [-0.05, 0) is 47.4 Å². The predicted molar refractivity (Wildman–Crippen MR) is 78.9 cm³/mol. The van der Waals surface area contributed by atoms with Gasteiger partial charge in [0.25, 0.3) is 0 Å². The molecule has 3 rings (SSSR count). The molecule has 0 saturated heterocycles. The Bertz CT molecular complexity index is 624. The van der Waals surface area contributed by atoms with Gasteiger partial charge in [0.05, 0.1) is 11.7 Å². The van der Waals surface area contributed by atoms with Gasteiger partial charge in [-0.25, -0.2) is 9.07 Å².